The van der Waals surface area contributed by atoms with E-state index in [-0.39, 0.29) is 23.0 Å². The number of hydrogen-bond donors (Lipinski definition) is 2. The second-order valence-corrected chi connectivity index (χ2v) is 9.60. The molecule has 0 radical (unpaired) electrons. The first-order valence-electron chi connectivity index (χ1n) is 10.3. The topological polar surface area (TPSA) is 110 Å². The van der Waals surface area contributed by atoms with Gasteiger partial charge in [-0.25, -0.2) is 18.4 Å². The molecular weight excluding hydrogens is 464 g/mol. The summed E-state index contributed by atoms with van der Waals surface area (Å²) in [6, 6.07) is 12.8. The van der Waals surface area contributed by atoms with Crippen LogP contribution in [0.1, 0.15) is 29.9 Å². The van der Waals surface area contributed by atoms with Crippen molar-refractivity contribution in [2.24, 2.45) is 0 Å². The molecule has 2 aromatic carbocycles. The smallest absolute Gasteiger partial charge is 0.263 e. The highest BCUT2D eigenvalue weighted by atomic mass is 35.5. The number of anilines is 2. The van der Waals surface area contributed by atoms with E-state index < -0.39 is 10.0 Å². The monoisotopic (exact) mass is 488 g/mol. The van der Waals surface area contributed by atoms with Crippen molar-refractivity contribution in [3.63, 3.8) is 0 Å². The summed E-state index contributed by atoms with van der Waals surface area (Å²) in [6.07, 6.45) is 0.794. The molecule has 0 unspecified atom stereocenters. The third kappa shape index (κ3) is 7.16. The fraction of sp³-hybridized carbons (Fsp3) is 0.261. The molecule has 0 spiro atoms. The maximum absolute atomic E-state index is 12.6. The molecule has 2 N–H and O–H groups in total. The molecule has 0 aliphatic carbocycles. The summed E-state index contributed by atoms with van der Waals surface area (Å²) in [5.41, 5.74) is 2.09. The summed E-state index contributed by atoms with van der Waals surface area (Å²) in [7, 11) is -3.82. The predicted octanol–water partition coefficient (Wildman–Crippen LogP) is 4.65. The molecule has 0 saturated heterocycles. The summed E-state index contributed by atoms with van der Waals surface area (Å²) in [4.78, 5) is 20.5. The number of hydrogen-bond acceptors (Lipinski definition) is 6. The van der Waals surface area contributed by atoms with Crippen LogP contribution < -0.4 is 14.8 Å². The minimum Gasteiger partial charge on any atom is -0.493 e. The first-order valence-corrected chi connectivity index (χ1v) is 12.1. The number of nitrogens with one attached hydrogen (secondary N) is 2. The van der Waals surface area contributed by atoms with Crippen LogP contribution in [0.15, 0.2) is 53.4 Å². The van der Waals surface area contributed by atoms with Crippen LogP contribution in [-0.2, 0) is 14.8 Å². The Hall–Kier alpha value is -3.17. The van der Waals surface area contributed by atoms with Gasteiger partial charge in [-0.15, -0.1) is 0 Å². The first kappa shape index (κ1) is 24.5. The Bertz CT molecular complexity index is 1230. The van der Waals surface area contributed by atoms with Crippen LogP contribution in [0.4, 0.5) is 11.5 Å². The molecule has 174 valence electrons. The highest BCUT2D eigenvalue weighted by molar-refractivity contribution is 7.92. The average molecular weight is 489 g/mol. The molecular formula is C23H25ClN4O4S. The molecule has 0 aliphatic rings. The van der Waals surface area contributed by atoms with Crippen molar-refractivity contribution in [3.8, 4) is 5.75 Å². The quantitative estimate of drug-likeness (QED) is 0.424. The molecule has 0 atom stereocenters. The van der Waals surface area contributed by atoms with Crippen molar-refractivity contribution < 1.29 is 17.9 Å². The molecule has 0 bridgehead atoms. The van der Waals surface area contributed by atoms with Crippen LogP contribution in [0.5, 0.6) is 5.75 Å². The highest BCUT2D eigenvalue weighted by Crippen LogP contribution is 2.22. The van der Waals surface area contributed by atoms with Crippen molar-refractivity contribution in [3.05, 3.63) is 70.6 Å². The van der Waals surface area contributed by atoms with Gasteiger partial charge in [0.2, 0.25) is 5.91 Å². The van der Waals surface area contributed by atoms with E-state index in [0.29, 0.717) is 35.3 Å². The summed E-state index contributed by atoms with van der Waals surface area (Å²) < 4.78 is 33.4. The zero-order chi connectivity index (χ0) is 24.0. The number of rotatable bonds is 9. The third-order valence-corrected chi connectivity index (χ3v) is 6.20. The fourth-order valence-corrected chi connectivity index (χ4v) is 4.32. The van der Waals surface area contributed by atoms with Gasteiger partial charge in [-0.3, -0.25) is 9.52 Å². The van der Waals surface area contributed by atoms with Gasteiger partial charge < -0.3 is 10.1 Å². The minimum absolute atomic E-state index is 0.0566. The normalized spacial score (nSPS) is 11.2. The van der Waals surface area contributed by atoms with Gasteiger partial charge in [0.05, 0.1) is 11.5 Å². The number of aromatic nitrogens is 2. The van der Waals surface area contributed by atoms with Crippen molar-refractivity contribution in [2.45, 2.75) is 38.5 Å². The van der Waals surface area contributed by atoms with E-state index in [2.05, 4.69) is 20.0 Å². The van der Waals surface area contributed by atoms with Crippen LogP contribution in [0.25, 0.3) is 0 Å². The fourth-order valence-electron chi connectivity index (χ4n) is 3.10. The van der Waals surface area contributed by atoms with Crippen LogP contribution in [0, 0.1) is 20.8 Å². The van der Waals surface area contributed by atoms with Crippen LogP contribution >= 0.6 is 11.6 Å². The number of sulfonamides is 1. The standard InChI is InChI=1S/C23H25ClN4O4S/c1-15-13-18(24)6-11-21(15)32-12-4-5-23(29)27-19-7-9-20(10-8-19)33(30,31)28-22-14-16(2)25-17(3)26-22/h6-11,13-14H,4-5,12H2,1-3H3,(H,27,29)(H,25,26,28). The molecule has 33 heavy (non-hydrogen) atoms. The number of carbonyl (C=O) groups excluding carboxylic acids is 1. The largest absolute Gasteiger partial charge is 0.493 e. The number of aryl methyl sites for hydroxylation is 3. The molecule has 8 nitrogen and oxygen atoms in total. The van der Waals surface area contributed by atoms with Gasteiger partial charge in [0.25, 0.3) is 10.0 Å². The predicted molar refractivity (Wildman–Crippen MR) is 128 cm³/mol. The molecule has 1 amide bonds. The van der Waals surface area contributed by atoms with Crippen LogP contribution in [-0.4, -0.2) is 30.9 Å². The van der Waals surface area contributed by atoms with Crippen LogP contribution in [0.2, 0.25) is 5.02 Å². The van der Waals surface area contributed by atoms with Gasteiger partial charge in [-0.2, -0.15) is 0 Å². The van der Waals surface area contributed by atoms with E-state index in [1.807, 2.05) is 13.0 Å². The van der Waals surface area contributed by atoms with E-state index in [9.17, 15) is 13.2 Å². The lowest BCUT2D eigenvalue weighted by molar-refractivity contribution is -0.116. The summed E-state index contributed by atoms with van der Waals surface area (Å²) in [5.74, 6) is 1.22. The molecule has 1 heterocycles. The molecule has 10 heteroatoms. The third-order valence-electron chi connectivity index (χ3n) is 4.60. The van der Waals surface area contributed by atoms with Crippen molar-refractivity contribution in [1.29, 1.82) is 0 Å². The maximum atomic E-state index is 12.6. The Morgan fingerprint density at radius 3 is 2.42 bits per heavy atom. The Morgan fingerprint density at radius 1 is 1.03 bits per heavy atom. The molecule has 0 aliphatic heterocycles. The first-order chi connectivity index (χ1) is 15.6. The zero-order valence-electron chi connectivity index (χ0n) is 18.6. The zero-order valence-corrected chi connectivity index (χ0v) is 20.1. The molecule has 3 rings (SSSR count). The number of halogens is 1. The van der Waals surface area contributed by atoms with Gasteiger partial charge in [-0.05, 0) is 75.2 Å². The molecule has 1 aromatic heterocycles. The Morgan fingerprint density at radius 2 is 1.76 bits per heavy atom. The van der Waals surface area contributed by atoms with Gasteiger partial charge in [0.1, 0.15) is 17.4 Å². The Kier molecular flexibility index (Phi) is 7.88. The Balaban J connectivity index is 1.50. The van der Waals surface area contributed by atoms with Crippen molar-refractivity contribution >= 4 is 39.0 Å². The number of nitrogens with zero attached hydrogens (tertiary/aromatic N) is 2. The van der Waals surface area contributed by atoms with Crippen molar-refractivity contribution in [1.82, 2.24) is 9.97 Å². The molecule has 0 fully saturated rings. The summed E-state index contributed by atoms with van der Waals surface area (Å²) >= 11 is 5.93. The molecule has 0 saturated carbocycles. The van der Waals surface area contributed by atoms with Gasteiger partial charge >= 0.3 is 0 Å². The van der Waals surface area contributed by atoms with E-state index >= 15 is 0 Å². The van der Waals surface area contributed by atoms with E-state index in [1.54, 1.807) is 32.0 Å². The highest BCUT2D eigenvalue weighted by Gasteiger charge is 2.16. The van der Waals surface area contributed by atoms with Gasteiger partial charge in [0, 0.05) is 28.9 Å². The average Bonchev–Trinajstić information content (AvgIpc) is 2.72. The maximum Gasteiger partial charge on any atom is 0.263 e. The van der Waals surface area contributed by atoms with Gasteiger partial charge in [-0.1, -0.05) is 11.6 Å². The number of benzene rings is 2. The number of amides is 1. The minimum atomic E-state index is -3.82. The lowest BCUT2D eigenvalue weighted by Gasteiger charge is -2.11. The van der Waals surface area contributed by atoms with Gasteiger partial charge in [0.15, 0.2) is 0 Å². The molecule has 3 aromatic rings. The van der Waals surface area contributed by atoms with Crippen molar-refractivity contribution in [2.75, 3.05) is 16.6 Å². The van der Waals surface area contributed by atoms with E-state index in [4.69, 9.17) is 16.3 Å². The van der Waals surface area contributed by atoms with Crippen LogP contribution in [0.3, 0.4) is 0 Å². The second kappa shape index (κ2) is 10.6. The Labute approximate surface area is 198 Å². The SMILES string of the molecule is Cc1cc(NS(=O)(=O)c2ccc(NC(=O)CCCOc3ccc(Cl)cc3C)cc2)nc(C)n1. The lowest BCUT2D eigenvalue weighted by Crippen LogP contribution is -2.15. The number of carbonyl (C=O) groups is 1. The van der Waals surface area contributed by atoms with E-state index in [0.717, 1.165) is 11.3 Å². The lowest BCUT2D eigenvalue weighted by atomic mass is 10.2. The summed E-state index contributed by atoms with van der Waals surface area (Å²) in [5, 5.41) is 3.40. The summed E-state index contributed by atoms with van der Waals surface area (Å²) in [6.45, 7) is 5.74. The number of ether oxygens (including phenoxy) is 1. The second-order valence-electron chi connectivity index (χ2n) is 7.48. The van der Waals surface area contributed by atoms with E-state index in [1.165, 1.54) is 24.3 Å².